The van der Waals surface area contributed by atoms with Gasteiger partial charge in [-0.05, 0) is 41.3 Å². The molecule has 15 heteroatoms. The zero-order chi connectivity index (χ0) is 27.2. The monoisotopic (exact) mass is 595 g/mol. The molecule has 1 aliphatic heterocycles. The lowest BCUT2D eigenvalue weighted by Gasteiger charge is -2.33. The summed E-state index contributed by atoms with van der Waals surface area (Å²) in [5.74, 6) is -2.87. The number of aliphatic carboxylic acids is 1. The van der Waals surface area contributed by atoms with E-state index in [1.807, 2.05) is 35.7 Å². The summed E-state index contributed by atoms with van der Waals surface area (Å²) in [5, 5.41) is 11.9. The van der Waals surface area contributed by atoms with Crippen LogP contribution in [0.1, 0.15) is 15.2 Å². The summed E-state index contributed by atoms with van der Waals surface area (Å²) in [6.45, 7) is 2.96. The van der Waals surface area contributed by atoms with Crippen molar-refractivity contribution < 1.29 is 36.3 Å². The van der Waals surface area contributed by atoms with Crippen LogP contribution in [0.2, 0.25) is 4.34 Å². The number of rotatable bonds is 6. The van der Waals surface area contributed by atoms with E-state index in [4.69, 9.17) is 21.5 Å². The van der Waals surface area contributed by atoms with Crippen molar-refractivity contribution in [2.75, 3.05) is 31.5 Å². The molecular formula is C22H21ClF3N3O5S3. The molecule has 2 aromatic heterocycles. The van der Waals surface area contributed by atoms with E-state index in [0.717, 1.165) is 29.1 Å². The molecule has 0 aliphatic carbocycles. The van der Waals surface area contributed by atoms with Gasteiger partial charge in [-0.2, -0.15) is 17.5 Å². The molecule has 200 valence electrons. The van der Waals surface area contributed by atoms with Crippen LogP contribution in [0.4, 0.5) is 18.9 Å². The number of piperazine rings is 1. The number of carbonyl (C=O) groups excluding carboxylic acids is 1. The molecule has 37 heavy (non-hydrogen) atoms. The summed E-state index contributed by atoms with van der Waals surface area (Å²) in [6, 6.07) is 14.6. The van der Waals surface area contributed by atoms with Crippen LogP contribution in [0.15, 0.2) is 58.1 Å². The number of benzene rings is 1. The number of nitrogens with zero attached hydrogens (tertiary/aromatic N) is 2. The van der Waals surface area contributed by atoms with E-state index in [9.17, 15) is 26.4 Å². The van der Waals surface area contributed by atoms with Crippen molar-refractivity contribution in [1.82, 2.24) is 9.21 Å². The Balaban J connectivity index is 0.000000479. The zero-order valence-electron chi connectivity index (χ0n) is 18.9. The van der Waals surface area contributed by atoms with Crippen LogP contribution in [0, 0.1) is 0 Å². The third-order valence-electron chi connectivity index (χ3n) is 5.08. The predicted octanol–water partition coefficient (Wildman–Crippen LogP) is 4.86. The smallest absolute Gasteiger partial charge is 0.475 e. The van der Waals surface area contributed by atoms with E-state index in [-0.39, 0.29) is 5.91 Å². The van der Waals surface area contributed by atoms with Gasteiger partial charge in [-0.25, -0.2) is 13.2 Å². The number of carboxylic acids is 1. The lowest BCUT2D eigenvalue weighted by molar-refractivity contribution is -0.192. The average Bonchev–Trinajstić information content (AvgIpc) is 3.53. The van der Waals surface area contributed by atoms with Crippen molar-refractivity contribution >= 4 is 61.9 Å². The van der Waals surface area contributed by atoms with Gasteiger partial charge in [0.2, 0.25) is 0 Å². The molecule has 4 rings (SSSR count). The normalized spacial score (nSPS) is 15.0. The fraction of sp³-hybridized carbons (Fsp3) is 0.273. The molecular weight excluding hydrogens is 575 g/mol. The van der Waals surface area contributed by atoms with Crippen molar-refractivity contribution in [1.29, 1.82) is 0 Å². The fourth-order valence-corrected chi connectivity index (χ4v) is 6.92. The first-order chi connectivity index (χ1) is 17.4. The molecule has 0 spiro atoms. The first-order valence-corrected chi connectivity index (χ1v) is 14.1. The van der Waals surface area contributed by atoms with Gasteiger partial charge in [0.15, 0.2) is 0 Å². The number of nitrogens with one attached hydrogen (secondary N) is 1. The molecule has 1 aliphatic rings. The number of hydrogen-bond acceptors (Lipinski definition) is 7. The molecule has 3 heterocycles. The Bertz CT molecular complexity index is 1310. The quantitative estimate of drug-likeness (QED) is 0.422. The second kappa shape index (κ2) is 12.4. The van der Waals surface area contributed by atoms with Crippen LogP contribution in [0.25, 0.3) is 0 Å². The SMILES string of the molecule is O=C(Nc1ccc(CN2CCN(S(=O)(=O)c3ccc(Cl)s3)CC2)cc1)c1cccs1.O=C(O)C(F)(F)F. The maximum absolute atomic E-state index is 12.7. The standard InChI is InChI=1S/C20H20ClN3O3S3.C2HF3O2/c21-18-7-8-19(29-18)30(26,27)24-11-9-23(10-12-24)14-15-3-5-16(6-4-15)22-20(25)17-2-1-13-28-17;3-2(4,5)1(6)7/h1-8,13H,9-12,14H2,(H,22,25);(H,6,7). The highest BCUT2D eigenvalue weighted by Crippen LogP contribution is 2.28. The van der Waals surface area contributed by atoms with Gasteiger partial charge in [-0.15, -0.1) is 22.7 Å². The second-order valence-electron chi connectivity index (χ2n) is 7.67. The summed E-state index contributed by atoms with van der Waals surface area (Å²) in [7, 11) is -3.47. The average molecular weight is 596 g/mol. The van der Waals surface area contributed by atoms with E-state index in [1.165, 1.54) is 15.6 Å². The Hall–Kier alpha value is -2.49. The largest absolute Gasteiger partial charge is 0.490 e. The molecule has 2 N–H and O–H groups in total. The minimum Gasteiger partial charge on any atom is -0.475 e. The summed E-state index contributed by atoms with van der Waals surface area (Å²) < 4.78 is 59.4. The highest BCUT2D eigenvalue weighted by atomic mass is 35.5. The lowest BCUT2D eigenvalue weighted by Crippen LogP contribution is -2.48. The van der Waals surface area contributed by atoms with Gasteiger partial charge in [0.25, 0.3) is 15.9 Å². The zero-order valence-corrected chi connectivity index (χ0v) is 22.1. The fourth-order valence-electron chi connectivity index (χ4n) is 3.24. The molecule has 1 amide bonds. The van der Waals surface area contributed by atoms with Crippen molar-refractivity contribution in [2.24, 2.45) is 0 Å². The van der Waals surface area contributed by atoms with Crippen molar-refractivity contribution in [2.45, 2.75) is 16.9 Å². The number of halogens is 4. The molecule has 8 nitrogen and oxygen atoms in total. The molecule has 1 fully saturated rings. The lowest BCUT2D eigenvalue weighted by atomic mass is 10.2. The summed E-state index contributed by atoms with van der Waals surface area (Å²) in [4.78, 5) is 23.9. The Morgan fingerprint density at radius 1 is 1.03 bits per heavy atom. The van der Waals surface area contributed by atoms with Crippen molar-refractivity contribution in [3.8, 4) is 0 Å². The van der Waals surface area contributed by atoms with Gasteiger partial charge >= 0.3 is 12.1 Å². The Labute approximate surface area is 223 Å². The summed E-state index contributed by atoms with van der Waals surface area (Å²) in [6.07, 6.45) is -5.08. The van der Waals surface area contributed by atoms with Crippen LogP contribution in [0.3, 0.4) is 0 Å². The van der Waals surface area contributed by atoms with Gasteiger partial charge in [0.05, 0.1) is 9.21 Å². The van der Waals surface area contributed by atoms with Gasteiger partial charge < -0.3 is 10.4 Å². The molecule has 1 saturated heterocycles. The molecule has 0 saturated carbocycles. The third-order valence-corrected chi connectivity index (χ3v) is 9.55. The predicted molar refractivity (Wildman–Crippen MR) is 136 cm³/mol. The maximum Gasteiger partial charge on any atom is 0.490 e. The molecule has 0 atom stereocenters. The summed E-state index contributed by atoms with van der Waals surface area (Å²) in [5.41, 5.74) is 1.87. The minimum atomic E-state index is -5.08. The first kappa shape index (κ1) is 29.1. The van der Waals surface area contributed by atoms with E-state index in [0.29, 0.717) is 39.6 Å². The van der Waals surface area contributed by atoms with Crippen LogP contribution < -0.4 is 5.32 Å². The molecule has 3 aromatic rings. The van der Waals surface area contributed by atoms with Gasteiger partial charge in [0, 0.05) is 38.4 Å². The Morgan fingerprint density at radius 3 is 2.14 bits per heavy atom. The highest BCUT2D eigenvalue weighted by Gasteiger charge is 2.38. The molecule has 0 unspecified atom stereocenters. The Morgan fingerprint density at radius 2 is 1.65 bits per heavy atom. The van der Waals surface area contributed by atoms with E-state index in [2.05, 4.69) is 10.2 Å². The number of sulfonamides is 1. The van der Waals surface area contributed by atoms with Crippen LogP contribution in [-0.2, 0) is 21.4 Å². The topological polar surface area (TPSA) is 107 Å². The number of hydrogen-bond donors (Lipinski definition) is 2. The second-order valence-corrected chi connectivity index (χ2v) is 12.5. The number of carbonyl (C=O) groups is 2. The van der Waals surface area contributed by atoms with Gasteiger partial charge in [-0.3, -0.25) is 9.69 Å². The number of amides is 1. The third kappa shape index (κ3) is 8.25. The van der Waals surface area contributed by atoms with Crippen molar-refractivity contribution in [3.63, 3.8) is 0 Å². The first-order valence-electron chi connectivity index (χ1n) is 10.6. The van der Waals surface area contributed by atoms with E-state index in [1.54, 1.807) is 18.2 Å². The number of carboxylic acid groups (broad SMARTS) is 1. The molecule has 1 aromatic carbocycles. The summed E-state index contributed by atoms with van der Waals surface area (Å²) >= 11 is 8.38. The van der Waals surface area contributed by atoms with Gasteiger partial charge in [-0.1, -0.05) is 29.8 Å². The Kier molecular flexibility index (Phi) is 9.72. The van der Waals surface area contributed by atoms with Crippen LogP contribution in [-0.4, -0.2) is 67.0 Å². The van der Waals surface area contributed by atoms with Crippen LogP contribution >= 0.6 is 34.3 Å². The number of thiophene rings is 2. The number of anilines is 1. The minimum absolute atomic E-state index is 0.109. The van der Waals surface area contributed by atoms with Crippen LogP contribution in [0.5, 0.6) is 0 Å². The van der Waals surface area contributed by atoms with Crippen molar-refractivity contribution in [3.05, 3.63) is 68.7 Å². The van der Waals surface area contributed by atoms with E-state index >= 15 is 0 Å². The highest BCUT2D eigenvalue weighted by molar-refractivity contribution is 7.91. The molecule has 0 bridgehead atoms. The van der Waals surface area contributed by atoms with E-state index < -0.39 is 22.2 Å². The molecule has 0 radical (unpaired) electrons. The number of alkyl halides is 3. The maximum atomic E-state index is 12.7. The van der Waals surface area contributed by atoms with Gasteiger partial charge in [0.1, 0.15) is 4.21 Å².